The number of rotatable bonds is 0. The summed E-state index contributed by atoms with van der Waals surface area (Å²) in [7, 11) is 0. The molecule has 0 unspecified atom stereocenters. The maximum absolute atomic E-state index is 0. The van der Waals surface area contributed by atoms with Gasteiger partial charge >= 0.3 is 59.7 Å². The molecular weight excluding hydrogens is 339 g/mol. The fraction of sp³-hybridized carbons (Fsp3) is 0. The minimum absolute atomic E-state index is 0. The minimum atomic E-state index is 0. The van der Waals surface area contributed by atoms with E-state index in [9.17, 15) is 0 Å². The second-order valence-corrected chi connectivity index (χ2v) is 0. The van der Waals surface area contributed by atoms with Crippen molar-refractivity contribution < 1.29 is 59.7 Å². The van der Waals surface area contributed by atoms with E-state index in [0.29, 0.717) is 0 Å². The van der Waals surface area contributed by atoms with E-state index < -0.39 is 0 Å². The Morgan fingerprint density at radius 3 is 0.750 bits per heavy atom. The normalized spacial score (nSPS) is 0. The molecule has 0 aromatic heterocycles. The van der Waals surface area contributed by atoms with E-state index in [2.05, 4.69) is 0 Å². The average Bonchev–Trinajstić information content (AvgIpc) is 0. The first-order chi connectivity index (χ1) is 0. The predicted molar refractivity (Wildman–Crippen MR) is 14.7 cm³/mol. The van der Waals surface area contributed by atoms with Crippen LogP contribution in [0.5, 0.6) is 0 Å². The molecule has 0 aromatic carbocycles. The molecule has 0 atom stereocenters. The van der Waals surface area contributed by atoms with Crippen molar-refractivity contribution in [1.82, 2.24) is 0 Å². The Kier molecular flexibility index (Phi) is 130. The fourth-order valence-corrected chi connectivity index (χ4v) is 0. The third-order valence-electron chi connectivity index (χ3n) is 0. The van der Waals surface area contributed by atoms with Gasteiger partial charge in [0, 0.05) is 0 Å². The van der Waals surface area contributed by atoms with Crippen LogP contribution in [-0.2, 0) is 49.4 Å². The molecule has 0 aliphatic rings. The van der Waals surface area contributed by atoms with Gasteiger partial charge in [0.1, 0.15) is 0 Å². The van der Waals surface area contributed by atoms with Crippen molar-refractivity contribution in [2.24, 2.45) is 0 Å². The molecule has 0 spiro atoms. The Balaban J connectivity index is 0. The Labute approximate surface area is 85.1 Å². The van der Waals surface area contributed by atoms with E-state index in [1.54, 1.807) is 0 Å². The summed E-state index contributed by atoms with van der Waals surface area (Å²) in [6.45, 7) is 0. The second kappa shape index (κ2) is 17.3. The standard InChI is InChI=1S/Ag.Er.2S/q+1;+3;2*-2. The molecule has 0 amide bonds. The summed E-state index contributed by atoms with van der Waals surface area (Å²) in [5.41, 5.74) is 0. The molecule has 0 heterocycles. The second-order valence-electron chi connectivity index (χ2n) is 0. The van der Waals surface area contributed by atoms with Crippen LogP contribution < -0.4 is 0 Å². The molecule has 0 rings (SSSR count). The van der Waals surface area contributed by atoms with E-state index in [4.69, 9.17) is 0 Å². The third-order valence-corrected chi connectivity index (χ3v) is 0. The summed E-state index contributed by atoms with van der Waals surface area (Å²) < 4.78 is 0. The summed E-state index contributed by atoms with van der Waals surface area (Å²) >= 11 is 0. The van der Waals surface area contributed by atoms with Crippen molar-refractivity contribution in [2.75, 3.05) is 0 Å². The first kappa shape index (κ1) is 30.0. The van der Waals surface area contributed by atoms with E-state index in [0.717, 1.165) is 0 Å². The van der Waals surface area contributed by atoms with Gasteiger partial charge < -0.3 is 27.0 Å². The van der Waals surface area contributed by atoms with Crippen LogP contribution in [0.4, 0.5) is 0 Å². The van der Waals surface area contributed by atoms with E-state index in [-0.39, 0.29) is 86.7 Å². The van der Waals surface area contributed by atoms with Gasteiger partial charge in [-0.1, -0.05) is 0 Å². The average molecular weight is 339 g/mol. The molecular formula is AgErS2. The fourth-order valence-electron chi connectivity index (χ4n) is 0. The smallest absolute Gasteiger partial charge is 2.00 e. The van der Waals surface area contributed by atoms with Crippen molar-refractivity contribution in [3.63, 3.8) is 0 Å². The van der Waals surface area contributed by atoms with Crippen LogP contribution in [0.3, 0.4) is 0 Å². The topological polar surface area (TPSA) is 0 Å². The first-order valence-electron chi connectivity index (χ1n) is 0. The van der Waals surface area contributed by atoms with Crippen molar-refractivity contribution in [2.45, 2.75) is 0 Å². The molecule has 0 aromatic rings. The first-order valence-corrected chi connectivity index (χ1v) is 0. The molecule has 0 bridgehead atoms. The SMILES string of the molecule is [Ag+].[Er+3].[S-2].[S-2]. The van der Waals surface area contributed by atoms with Crippen molar-refractivity contribution in [3.8, 4) is 0 Å². The Morgan fingerprint density at radius 2 is 0.750 bits per heavy atom. The van der Waals surface area contributed by atoms with Crippen LogP contribution >= 0.6 is 0 Å². The maximum atomic E-state index is 0. The Hall–Kier alpha value is 2.69. The van der Waals surface area contributed by atoms with Gasteiger partial charge in [0.05, 0.1) is 0 Å². The molecule has 4 heteroatoms. The maximum Gasteiger partial charge on any atom is 3.00 e. The zero-order chi connectivity index (χ0) is 0. The van der Waals surface area contributed by atoms with Gasteiger partial charge in [-0.3, -0.25) is 0 Å². The summed E-state index contributed by atoms with van der Waals surface area (Å²) in [6, 6.07) is 0. The molecule has 0 aliphatic carbocycles. The molecule has 35 valence electrons. The molecule has 0 fully saturated rings. The molecule has 0 saturated heterocycles. The summed E-state index contributed by atoms with van der Waals surface area (Å²) in [5.74, 6) is 0. The van der Waals surface area contributed by atoms with Gasteiger partial charge in [0.15, 0.2) is 0 Å². The van der Waals surface area contributed by atoms with Gasteiger partial charge in [-0.15, -0.1) is 0 Å². The quantitative estimate of drug-likeness (QED) is 0.545. The van der Waals surface area contributed by atoms with E-state index in [1.807, 2.05) is 0 Å². The summed E-state index contributed by atoms with van der Waals surface area (Å²) in [4.78, 5) is 0. The Morgan fingerprint density at radius 1 is 0.750 bits per heavy atom. The van der Waals surface area contributed by atoms with Gasteiger partial charge in [0.25, 0.3) is 0 Å². The van der Waals surface area contributed by atoms with E-state index >= 15 is 0 Å². The van der Waals surface area contributed by atoms with Gasteiger partial charge in [-0.05, 0) is 0 Å². The van der Waals surface area contributed by atoms with Crippen molar-refractivity contribution in [1.29, 1.82) is 0 Å². The zero-order valence-electron chi connectivity index (χ0n) is 1.41. The van der Waals surface area contributed by atoms with Crippen molar-refractivity contribution >= 4 is 27.0 Å². The largest absolute Gasteiger partial charge is 3.00 e. The summed E-state index contributed by atoms with van der Waals surface area (Å²) in [6.07, 6.45) is 0. The molecule has 0 N–H and O–H groups in total. The monoisotopic (exact) mass is 337 g/mol. The van der Waals surface area contributed by atoms with Crippen LogP contribution in [0.2, 0.25) is 0 Å². The number of hydrogen-bond acceptors (Lipinski definition) is 0. The molecule has 1 radical (unpaired) electrons. The van der Waals surface area contributed by atoms with Crippen molar-refractivity contribution in [3.05, 3.63) is 0 Å². The van der Waals surface area contributed by atoms with Crippen LogP contribution in [0, 0.1) is 37.3 Å². The third kappa shape index (κ3) is 8.82. The van der Waals surface area contributed by atoms with Gasteiger partial charge in [0.2, 0.25) is 0 Å². The van der Waals surface area contributed by atoms with Crippen LogP contribution in [-0.4, -0.2) is 0 Å². The van der Waals surface area contributed by atoms with Crippen LogP contribution in [0.25, 0.3) is 0 Å². The van der Waals surface area contributed by atoms with Gasteiger partial charge in [-0.25, -0.2) is 0 Å². The van der Waals surface area contributed by atoms with Crippen LogP contribution in [0.15, 0.2) is 0 Å². The van der Waals surface area contributed by atoms with E-state index in [1.165, 1.54) is 0 Å². The molecule has 0 aliphatic heterocycles. The van der Waals surface area contributed by atoms with Gasteiger partial charge in [-0.2, -0.15) is 0 Å². The summed E-state index contributed by atoms with van der Waals surface area (Å²) in [5, 5.41) is 0. The van der Waals surface area contributed by atoms with Crippen LogP contribution in [0.1, 0.15) is 0 Å². The molecule has 4 heavy (non-hydrogen) atoms. The zero-order valence-corrected chi connectivity index (χ0v) is 6.37. The number of hydrogen-bond donors (Lipinski definition) is 0. The molecule has 0 nitrogen and oxygen atoms in total. The predicted octanol–water partition coefficient (Wildman–Crippen LogP) is -0.00730. The molecule has 0 saturated carbocycles. The Bertz CT molecular complexity index is 6.00. The minimum Gasteiger partial charge on any atom is -2.00 e.